The number of nitro benzene ring substituents is 1. The van der Waals surface area contributed by atoms with Crippen LogP contribution in [0.4, 0.5) is 16.2 Å². The topological polar surface area (TPSA) is 125 Å². The molecule has 9 nitrogen and oxygen atoms in total. The molecule has 9 heteroatoms. The number of carboxylic acid groups (broad SMARTS) is 1. The molecule has 0 aliphatic rings. The minimum Gasteiger partial charge on any atom is -0.481 e. The molecule has 0 fully saturated rings. The number of carboxylic acids is 1. The van der Waals surface area contributed by atoms with Gasteiger partial charge < -0.3 is 20.6 Å². The summed E-state index contributed by atoms with van der Waals surface area (Å²) in [6.07, 6.45) is 0.569. The fourth-order valence-corrected chi connectivity index (χ4v) is 2.16. The molecule has 2 amide bonds. The van der Waals surface area contributed by atoms with Gasteiger partial charge in [-0.3, -0.25) is 14.9 Å². The Kier molecular flexibility index (Phi) is 7.64. The van der Waals surface area contributed by atoms with Gasteiger partial charge in [-0.05, 0) is 25.0 Å². The number of nitro groups is 1. The first-order valence-electron chi connectivity index (χ1n) is 7.93. The number of carbonyl (C=O) groups is 2. The van der Waals surface area contributed by atoms with Crippen molar-refractivity contribution in [2.75, 3.05) is 32.0 Å². The molecule has 0 saturated carbocycles. The lowest BCUT2D eigenvalue weighted by Crippen LogP contribution is -2.41. The van der Waals surface area contributed by atoms with E-state index in [0.29, 0.717) is 25.2 Å². The highest BCUT2D eigenvalue weighted by Gasteiger charge is 2.17. The second-order valence-electron chi connectivity index (χ2n) is 5.91. The highest BCUT2D eigenvalue weighted by atomic mass is 16.6. The van der Waals surface area contributed by atoms with Crippen LogP contribution >= 0.6 is 0 Å². The molecule has 1 aromatic carbocycles. The summed E-state index contributed by atoms with van der Waals surface area (Å²) in [5.74, 6) is -1.59. The molecule has 0 spiro atoms. The minimum atomic E-state index is -0.955. The van der Waals surface area contributed by atoms with Crippen LogP contribution in [0.3, 0.4) is 0 Å². The van der Waals surface area contributed by atoms with E-state index < -0.39 is 16.8 Å². The molecule has 0 aliphatic heterocycles. The van der Waals surface area contributed by atoms with E-state index in [1.54, 1.807) is 19.1 Å². The number of hydrogen-bond acceptors (Lipinski definition) is 5. The van der Waals surface area contributed by atoms with Gasteiger partial charge in [0.05, 0.1) is 10.8 Å². The van der Waals surface area contributed by atoms with Crippen molar-refractivity contribution in [3.05, 3.63) is 33.9 Å². The first-order chi connectivity index (χ1) is 11.7. The Labute approximate surface area is 146 Å². The van der Waals surface area contributed by atoms with Crippen molar-refractivity contribution in [1.82, 2.24) is 10.2 Å². The van der Waals surface area contributed by atoms with Crippen LogP contribution in [0.5, 0.6) is 0 Å². The lowest BCUT2D eigenvalue weighted by atomic mass is 10.2. The van der Waals surface area contributed by atoms with Crippen LogP contribution in [0.15, 0.2) is 18.2 Å². The molecule has 1 rings (SSSR count). The fourth-order valence-electron chi connectivity index (χ4n) is 2.16. The molecule has 0 saturated heterocycles. The molecule has 0 aliphatic carbocycles. The van der Waals surface area contributed by atoms with Crippen LogP contribution in [0, 0.1) is 23.0 Å². The van der Waals surface area contributed by atoms with Gasteiger partial charge in [0, 0.05) is 32.7 Å². The average Bonchev–Trinajstić information content (AvgIpc) is 2.54. The van der Waals surface area contributed by atoms with Crippen LogP contribution < -0.4 is 10.6 Å². The molecule has 0 bridgehead atoms. The van der Waals surface area contributed by atoms with Gasteiger partial charge in [-0.1, -0.05) is 13.0 Å². The number of carbonyl (C=O) groups excluding carboxylic acids is 1. The van der Waals surface area contributed by atoms with Crippen molar-refractivity contribution in [1.29, 1.82) is 0 Å². The Hall–Kier alpha value is -2.84. The largest absolute Gasteiger partial charge is 0.481 e. The van der Waals surface area contributed by atoms with Crippen molar-refractivity contribution in [3.63, 3.8) is 0 Å². The second kappa shape index (κ2) is 9.45. The molecule has 1 aromatic rings. The normalized spacial score (nSPS) is 11.5. The number of urea groups is 1. The Morgan fingerprint density at radius 1 is 1.36 bits per heavy atom. The van der Waals surface area contributed by atoms with E-state index in [1.807, 2.05) is 0 Å². The Morgan fingerprint density at radius 3 is 2.64 bits per heavy atom. The average molecular weight is 352 g/mol. The summed E-state index contributed by atoms with van der Waals surface area (Å²) in [6, 6.07) is 4.60. The SMILES string of the molecule is Cc1ccc(NCCCNC(=O)N(C)CC(C)C(=O)O)c([N+](=O)[O-])c1. The quantitative estimate of drug-likeness (QED) is 0.355. The maximum atomic E-state index is 11.8. The monoisotopic (exact) mass is 352 g/mol. The number of nitrogens with zero attached hydrogens (tertiary/aromatic N) is 2. The molecule has 0 aromatic heterocycles. The minimum absolute atomic E-state index is 0.0198. The predicted octanol–water partition coefficient (Wildman–Crippen LogP) is 2.07. The number of aliphatic carboxylic acids is 1. The highest BCUT2D eigenvalue weighted by molar-refractivity contribution is 5.75. The van der Waals surface area contributed by atoms with Gasteiger partial charge in [0.2, 0.25) is 0 Å². The van der Waals surface area contributed by atoms with Gasteiger partial charge in [-0.2, -0.15) is 0 Å². The molecule has 1 atom stereocenters. The van der Waals surface area contributed by atoms with Gasteiger partial charge in [0.25, 0.3) is 5.69 Å². The predicted molar refractivity (Wildman–Crippen MR) is 93.8 cm³/mol. The third kappa shape index (κ3) is 6.66. The zero-order chi connectivity index (χ0) is 19.0. The lowest BCUT2D eigenvalue weighted by Gasteiger charge is -2.20. The van der Waals surface area contributed by atoms with E-state index in [2.05, 4.69) is 10.6 Å². The van der Waals surface area contributed by atoms with Crippen LogP contribution in [0.1, 0.15) is 18.9 Å². The van der Waals surface area contributed by atoms with Crippen molar-refractivity contribution < 1.29 is 19.6 Å². The summed E-state index contributed by atoms with van der Waals surface area (Å²) in [7, 11) is 1.53. The maximum absolute atomic E-state index is 11.8. The fraction of sp³-hybridized carbons (Fsp3) is 0.500. The zero-order valence-corrected chi connectivity index (χ0v) is 14.6. The van der Waals surface area contributed by atoms with Crippen LogP contribution in [0.2, 0.25) is 0 Å². The number of amides is 2. The number of anilines is 1. The van der Waals surface area contributed by atoms with Crippen LogP contribution in [-0.4, -0.2) is 53.6 Å². The van der Waals surface area contributed by atoms with Gasteiger partial charge in [0.15, 0.2) is 0 Å². The number of aryl methyl sites for hydroxylation is 1. The smallest absolute Gasteiger partial charge is 0.317 e. The van der Waals surface area contributed by atoms with Crippen LogP contribution in [-0.2, 0) is 4.79 Å². The zero-order valence-electron chi connectivity index (χ0n) is 14.6. The van der Waals surface area contributed by atoms with Gasteiger partial charge in [0.1, 0.15) is 5.69 Å². The van der Waals surface area contributed by atoms with Gasteiger partial charge in [-0.15, -0.1) is 0 Å². The molecule has 3 N–H and O–H groups in total. The van der Waals surface area contributed by atoms with Gasteiger partial charge in [-0.25, -0.2) is 4.79 Å². The number of hydrogen-bond donors (Lipinski definition) is 3. The summed E-state index contributed by atoms with van der Waals surface area (Å²) in [6.45, 7) is 4.27. The third-order valence-electron chi connectivity index (χ3n) is 3.61. The second-order valence-corrected chi connectivity index (χ2v) is 5.91. The number of benzene rings is 1. The molecule has 0 heterocycles. The van der Waals surface area contributed by atoms with E-state index in [9.17, 15) is 19.7 Å². The summed E-state index contributed by atoms with van der Waals surface area (Å²) < 4.78 is 0. The summed E-state index contributed by atoms with van der Waals surface area (Å²) >= 11 is 0. The van der Waals surface area contributed by atoms with Gasteiger partial charge >= 0.3 is 12.0 Å². The van der Waals surface area contributed by atoms with E-state index in [-0.39, 0.29) is 18.3 Å². The summed E-state index contributed by atoms with van der Waals surface area (Å²) in [5, 5.41) is 25.5. The lowest BCUT2D eigenvalue weighted by molar-refractivity contribution is -0.384. The van der Waals surface area contributed by atoms with Crippen molar-refractivity contribution in [2.45, 2.75) is 20.3 Å². The van der Waals surface area contributed by atoms with E-state index >= 15 is 0 Å². The third-order valence-corrected chi connectivity index (χ3v) is 3.61. The Bertz CT molecular complexity index is 635. The standard InChI is InChI=1S/C16H24N4O5/c1-11-5-6-13(14(9-11)20(24)25)17-7-4-8-18-16(23)19(3)10-12(2)15(21)22/h5-6,9,12,17H,4,7-8,10H2,1-3H3,(H,18,23)(H,21,22). The van der Waals surface area contributed by atoms with Crippen molar-refractivity contribution in [2.24, 2.45) is 5.92 Å². The Morgan fingerprint density at radius 2 is 2.04 bits per heavy atom. The highest BCUT2D eigenvalue weighted by Crippen LogP contribution is 2.25. The van der Waals surface area contributed by atoms with Crippen molar-refractivity contribution >= 4 is 23.4 Å². The molecule has 138 valence electrons. The molecule has 1 unspecified atom stereocenters. The molecular formula is C16H24N4O5. The first-order valence-corrected chi connectivity index (χ1v) is 7.93. The Balaban J connectivity index is 2.36. The summed E-state index contributed by atoms with van der Waals surface area (Å²) in [5.41, 5.74) is 1.27. The molecular weight excluding hydrogens is 328 g/mol. The van der Waals surface area contributed by atoms with E-state index in [4.69, 9.17) is 5.11 Å². The van der Waals surface area contributed by atoms with E-state index in [0.717, 1.165) is 5.56 Å². The molecule has 0 radical (unpaired) electrons. The van der Waals surface area contributed by atoms with Crippen molar-refractivity contribution in [3.8, 4) is 0 Å². The molecule has 25 heavy (non-hydrogen) atoms. The number of rotatable bonds is 9. The number of nitrogens with one attached hydrogen (secondary N) is 2. The summed E-state index contributed by atoms with van der Waals surface area (Å²) in [4.78, 5) is 34.5. The van der Waals surface area contributed by atoms with E-state index in [1.165, 1.54) is 24.9 Å². The van der Waals surface area contributed by atoms with Crippen LogP contribution in [0.25, 0.3) is 0 Å². The maximum Gasteiger partial charge on any atom is 0.317 e. The first kappa shape index (κ1) is 20.2.